The van der Waals surface area contributed by atoms with E-state index >= 15 is 0 Å². The molecule has 0 aliphatic heterocycles. The second-order valence-electron chi connectivity index (χ2n) is 5.42. The van der Waals surface area contributed by atoms with Gasteiger partial charge in [0, 0.05) is 23.9 Å². The molecule has 2 aromatic carbocycles. The number of nitrogens with zero attached hydrogens (tertiary/aromatic N) is 1. The molecule has 21 heavy (non-hydrogen) atoms. The minimum absolute atomic E-state index is 0.0118. The zero-order chi connectivity index (χ0) is 15.0. The third-order valence-corrected chi connectivity index (χ3v) is 4.02. The topological polar surface area (TPSA) is 81.2 Å². The Hall–Kier alpha value is -2.40. The molecule has 108 valence electrons. The van der Waals surface area contributed by atoms with Crippen LogP contribution in [-0.2, 0) is 0 Å². The first-order valence-electron chi connectivity index (χ1n) is 6.92. The van der Waals surface area contributed by atoms with Crippen LogP contribution in [-0.4, -0.2) is 4.92 Å². The molecule has 0 radical (unpaired) electrons. The molecule has 0 fully saturated rings. The number of nitrogens with one attached hydrogen (secondary N) is 1. The lowest BCUT2D eigenvalue weighted by Gasteiger charge is -2.17. The van der Waals surface area contributed by atoms with Crippen LogP contribution in [0.25, 0.3) is 0 Å². The molecular formula is C16H17N3O2. The number of hydrogen-bond acceptors (Lipinski definition) is 4. The number of rotatable bonds is 3. The second kappa shape index (κ2) is 5.18. The first kappa shape index (κ1) is 13.6. The fraction of sp³-hybridized carbons (Fsp3) is 0.250. The summed E-state index contributed by atoms with van der Waals surface area (Å²) in [5.74, 6) is 0. The van der Waals surface area contributed by atoms with Gasteiger partial charge in [-0.05, 0) is 30.0 Å². The monoisotopic (exact) mass is 283 g/mol. The van der Waals surface area contributed by atoms with Crippen LogP contribution in [0.3, 0.4) is 0 Å². The van der Waals surface area contributed by atoms with E-state index < -0.39 is 0 Å². The number of nitrogens with two attached hydrogens (primary N) is 1. The van der Waals surface area contributed by atoms with Gasteiger partial charge in [-0.15, -0.1) is 0 Å². The summed E-state index contributed by atoms with van der Waals surface area (Å²) in [4.78, 5) is 10.5. The maximum atomic E-state index is 10.9. The van der Waals surface area contributed by atoms with Crippen molar-refractivity contribution in [2.45, 2.75) is 25.4 Å². The Morgan fingerprint density at radius 1 is 1.24 bits per heavy atom. The number of nitro groups is 1. The Labute approximate surface area is 122 Å². The number of benzene rings is 2. The zero-order valence-electron chi connectivity index (χ0n) is 11.7. The Bertz CT molecular complexity index is 700. The number of nitro benzene ring substituents is 1. The Morgan fingerprint density at radius 2 is 1.95 bits per heavy atom. The highest BCUT2D eigenvalue weighted by molar-refractivity contribution is 5.59. The molecule has 0 aromatic heterocycles. The van der Waals surface area contributed by atoms with Gasteiger partial charge in [-0.2, -0.15) is 0 Å². The van der Waals surface area contributed by atoms with E-state index in [9.17, 15) is 10.1 Å². The maximum absolute atomic E-state index is 10.9. The zero-order valence-corrected chi connectivity index (χ0v) is 11.7. The van der Waals surface area contributed by atoms with Crippen molar-refractivity contribution in [2.24, 2.45) is 5.73 Å². The first-order chi connectivity index (χ1) is 10.1. The summed E-state index contributed by atoms with van der Waals surface area (Å²) >= 11 is 0. The SMILES string of the molecule is Cc1ccc([N+](=O)[O-])cc1NC1CC(N)c2ccccc21. The van der Waals surface area contributed by atoms with Crippen LogP contribution in [0.1, 0.15) is 35.2 Å². The van der Waals surface area contributed by atoms with Crippen molar-refractivity contribution in [3.63, 3.8) is 0 Å². The molecule has 0 saturated carbocycles. The minimum Gasteiger partial charge on any atom is -0.378 e. The van der Waals surface area contributed by atoms with Gasteiger partial charge in [-0.3, -0.25) is 10.1 Å². The molecule has 5 nitrogen and oxygen atoms in total. The van der Waals surface area contributed by atoms with Crippen molar-refractivity contribution in [3.8, 4) is 0 Å². The van der Waals surface area contributed by atoms with E-state index in [2.05, 4.69) is 11.4 Å². The fourth-order valence-corrected chi connectivity index (χ4v) is 2.88. The van der Waals surface area contributed by atoms with E-state index in [1.54, 1.807) is 12.1 Å². The van der Waals surface area contributed by atoms with Crippen molar-refractivity contribution in [2.75, 3.05) is 5.32 Å². The van der Waals surface area contributed by atoms with Crippen molar-refractivity contribution in [1.29, 1.82) is 0 Å². The third kappa shape index (κ3) is 2.48. The standard InChI is InChI=1S/C16H17N3O2/c1-10-6-7-11(19(20)21)8-15(10)18-16-9-14(17)12-4-2-3-5-13(12)16/h2-8,14,16,18H,9,17H2,1H3. The molecule has 5 heteroatoms. The Kier molecular flexibility index (Phi) is 3.35. The summed E-state index contributed by atoms with van der Waals surface area (Å²) in [5.41, 5.74) is 10.4. The summed E-state index contributed by atoms with van der Waals surface area (Å²) < 4.78 is 0. The molecule has 0 amide bonds. The third-order valence-electron chi connectivity index (χ3n) is 4.02. The van der Waals surface area contributed by atoms with E-state index in [0.717, 1.165) is 23.2 Å². The smallest absolute Gasteiger partial charge is 0.271 e. The highest BCUT2D eigenvalue weighted by Gasteiger charge is 2.28. The summed E-state index contributed by atoms with van der Waals surface area (Å²) in [6, 6.07) is 13.1. The van der Waals surface area contributed by atoms with Crippen LogP contribution >= 0.6 is 0 Å². The van der Waals surface area contributed by atoms with E-state index in [1.807, 2.05) is 25.1 Å². The number of aryl methyl sites for hydroxylation is 1. The highest BCUT2D eigenvalue weighted by atomic mass is 16.6. The van der Waals surface area contributed by atoms with E-state index in [4.69, 9.17) is 5.73 Å². The quantitative estimate of drug-likeness (QED) is 0.667. The van der Waals surface area contributed by atoms with Crippen molar-refractivity contribution in [3.05, 3.63) is 69.3 Å². The molecule has 1 aliphatic carbocycles. The van der Waals surface area contributed by atoms with Gasteiger partial charge in [-0.25, -0.2) is 0 Å². The lowest BCUT2D eigenvalue weighted by atomic mass is 10.1. The molecule has 0 saturated heterocycles. The second-order valence-corrected chi connectivity index (χ2v) is 5.42. The molecule has 1 aliphatic rings. The summed E-state index contributed by atoms with van der Waals surface area (Å²) in [6.07, 6.45) is 0.793. The number of non-ortho nitro benzene ring substituents is 1. The lowest BCUT2D eigenvalue weighted by molar-refractivity contribution is -0.384. The molecular weight excluding hydrogens is 266 g/mol. The van der Waals surface area contributed by atoms with E-state index in [0.29, 0.717) is 0 Å². The maximum Gasteiger partial charge on any atom is 0.271 e. The fourth-order valence-electron chi connectivity index (χ4n) is 2.88. The van der Waals surface area contributed by atoms with Crippen molar-refractivity contribution < 1.29 is 4.92 Å². The molecule has 2 unspecified atom stereocenters. The van der Waals surface area contributed by atoms with Gasteiger partial charge in [0.15, 0.2) is 0 Å². The van der Waals surface area contributed by atoms with Crippen molar-refractivity contribution >= 4 is 11.4 Å². The van der Waals surface area contributed by atoms with Gasteiger partial charge in [-0.1, -0.05) is 30.3 Å². The molecule has 0 spiro atoms. The summed E-state index contributed by atoms with van der Waals surface area (Å²) in [6.45, 7) is 1.94. The van der Waals surface area contributed by atoms with Gasteiger partial charge < -0.3 is 11.1 Å². The van der Waals surface area contributed by atoms with Crippen LogP contribution in [0.4, 0.5) is 11.4 Å². The molecule has 0 heterocycles. The van der Waals surface area contributed by atoms with Crippen LogP contribution < -0.4 is 11.1 Å². The van der Waals surface area contributed by atoms with Gasteiger partial charge >= 0.3 is 0 Å². The normalized spacial score (nSPS) is 20.1. The highest BCUT2D eigenvalue weighted by Crippen LogP contribution is 2.39. The number of hydrogen-bond donors (Lipinski definition) is 2. The van der Waals surface area contributed by atoms with Gasteiger partial charge in [0.1, 0.15) is 0 Å². The van der Waals surface area contributed by atoms with Crippen LogP contribution in [0, 0.1) is 17.0 Å². The Morgan fingerprint density at radius 3 is 2.67 bits per heavy atom. The lowest BCUT2D eigenvalue weighted by Crippen LogP contribution is -2.10. The van der Waals surface area contributed by atoms with Crippen LogP contribution in [0.5, 0.6) is 0 Å². The molecule has 2 atom stereocenters. The number of fused-ring (bicyclic) bond motifs is 1. The minimum atomic E-state index is -0.376. The first-order valence-corrected chi connectivity index (χ1v) is 6.92. The summed E-state index contributed by atoms with van der Waals surface area (Å²) in [7, 11) is 0. The van der Waals surface area contributed by atoms with Gasteiger partial charge in [0.05, 0.1) is 11.0 Å². The van der Waals surface area contributed by atoms with Gasteiger partial charge in [0.25, 0.3) is 5.69 Å². The predicted octanol–water partition coefficient (Wildman–Crippen LogP) is 3.46. The van der Waals surface area contributed by atoms with E-state index in [-0.39, 0.29) is 22.7 Å². The number of anilines is 1. The molecule has 2 aromatic rings. The largest absolute Gasteiger partial charge is 0.378 e. The molecule has 3 N–H and O–H groups in total. The average molecular weight is 283 g/mol. The van der Waals surface area contributed by atoms with Crippen LogP contribution in [0.15, 0.2) is 42.5 Å². The van der Waals surface area contributed by atoms with E-state index in [1.165, 1.54) is 11.6 Å². The molecule has 0 bridgehead atoms. The average Bonchev–Trinajstić information content (AvgIpc) is 2.78. The van der Waals surface area contributed by atoms with Crippen LogP contribution in [0.2, 0.25) is 0 Å². The summed E-state index contributed by atoms with van der Waals surface area (Å²) in [5, 5.41) is 14.3. The van der Waals surface area contributed by atoms with Crippen molar-refractivity contribution in [1.82, 2.24) is 0 Å². The predicted molar refractivity (Wildman–Crippen MR) is 82.2 cm³/mol. The van der Waals surface area contributed by atoms with Gasteiger partial charge in [0.2, 0.25) is 0 Å². The molecule has 3 rings (SSSR count). The Balaban J connectivity index is 1.92.